The van der Waals surface area contributed by atoms with Gasteiger partial charge in [-0.05, 0) is 68.1 Å². The fourth-order valence-corrected chi connectivity index (χ4v) is 4.34. The number of hydrogen-bond acceptors (Lipinski definition) is 5. The third-order valence-corrected chi connectivity index (χ3v) is 5.80. The summed E-state index contributed by atoms with van der Waals surface area (Å²) < 4.78 is 14.0. The lowest BCUT2D eigenvalue weighted by molar-refractivity contribution is -0.122. The third-order valence-electron chi connectivity index (χ3n) is 4.93. The fourth-order valence-electron chi connectivity index (χ4n) is 3.48. The van der Waals surface area contributed by atoms with E-state index in [0.29, 0.717) is 10.8 Å². The second-order valence-corrected chi connectivity index (χ2v) is 8.45. The first kappa shape index (κ1) is 21.0. The number of aromatic nitrogens is 2. The van der Waals surface area contributed by atoms with Gasteiger partial charge in [-0.3, -0.25) is 9.59 Å². The summed E-state index contributed by atoms with van der Waals surface area (Å²) in [6.07, 6.45) is 0.0537. The quantitative estimate of drug-likeness (QED) is 0.601. The Morgan fingerprint density at radius 1 is 1.10 bits per heavy atom. The van der Waals surface area contributed by atoms with Gasteiger partial charge in [0.1, 0.15) is 5.82 Å². The molecule has 2 amide bonds. The van der Waals surface area contributed by atoms with Crippen LogP contribution in [0.5, 0.6) is 0 Å². The zero-order chi connectivity index (χ0) is 22.0. The van der Waals surface area contributed by atoms with Crippen molar-refractivity contribution in [2.45, 2.75) is 30.3 Å². The maximum Gasteiger partial charge on any atom is 0.229 e. The third kappa shape index (κ3) is 4.91. The van der Waals surface area contributed by atoms with Crippen LogP contribution in [0.25, 0.3) is 0 Å². The first-order valence-corrected chi connectivity index (χ1v) is 10.7. The van der Waals surface area contributed by atoms with Crippen molar-refractivity contribution in [3.63, 3.8) is 0 Å². The fraction of sp³-hybridized carbons (Fsp3) is 0.217. The SMILES string of the molecule is Cc1cc(C)nc(Sc2ccc(NC(=O)C3CC(=O)N(c4ccccc4F)C3)cc2)n1. The van der Waals surface area contributed by atoms with Crippen molar-refractivity contribution in [2.24, 2.45) is 5.92 Å². The maximum absolute atomic E-state index is 14.0. The van der Waals surface area contributed by atoms with Crippen molar-refractivity contribution in [3.8, 4) is 0 Å². The zero-order valence-corrected chi connectivity index (χ0v) is 17.9. The molecule has 1 unspecified atom stereocenters. The second kappa shape index (κ2) is 8.85. The van der Waals surface area contributed by atoms with Gasteiger partial charge in [0.25, 0.3) is 0 Å². The molecular weight excluding hydrogens is 415 g/mol. The highest BCUT2D eigenvalue weighted by atomic mass is 32.2. The molecule has 6 nitrogen and oxygen atoms in total. The van der Waals surface area contributed by atoms with Crippen LogP contribution in [-0.2, 0) is 9.59 Å². The van der Waals surface area contributed by atoms with Crippen LogP contribution in [0.4, 0.5) is 15.8 Å². The molecule has 1 aromatic heterocycles. The summed E-state index contributed by atoms with van der Waals surface area (Å²) in [5.41, 5.74) is 2.66. The summed E-state index contributed by atoms with van der Waals surface area (Å²) in [5.74, 6) is -1.53. The predicted octanol–water partition coefficient (Wildman–Crippen LogP) is 4.38. The molecule has 2 heterocycles. The van der Waals surface area contributed by atoms with Gasteiger partial charge in [0.05, 0.1) is 11.6 Å². The van der Waals surface area contributed by atoms with E-state index in [1.807, 2.05) is 32.0 Å². The Labute approximate surface area is 183 Å². The number of hydrogen-bond donors (Lipinski definition) is 1. The number of carbonyl (C=O) groups is 2. The highest BCUT2D eigenvalue weighted by molar-refractivity contribution is 7.99. The molecule has 1 N–H and O–H groups in total. The molecule has 3 aromatic rings. The number of halogens is 1. The number of nitrogens with zero attached hydrogens (tertiary/aromatic N) is 3. The maximum atomic E-state index is 14.0. The van der Waals surface area contributed by atoms with E-state index in [2.05, 4.69) is 15.3 Å². The van der Waals surface area contributed by atoms with E-state index in [9.17, 15) is 14.0 Å². The van der Waals surface area contributed by atoms with Gasteiger partial charge >= 0.3 is 0 Å². The van der Waals surface area contributed by atoms with Crippen LogP contribution in [0.3, 0.4) is 0 Å². The molecular formula is C23H21FN4O2S. The molecule has 1 saturated heterocycles. The number of nitrogens with one attached hydrogen (secondary N) is 1. The van der Waals surface area contributed by atoms with Gasteiger partial charge in [0.2, 0.25) is 11.8 Å². The number of amides is 2. The van der Waals surface area contributed by atoms with Crippen molar-refractivity contribution in [1.29, 1.82) is 0 Å². The van der Waals surface area contributed by atoms with Gasteiger partial charge in [-0.15, -0.1) is 0 Å². The van der Waals surface area contributed by atoms with Gasteiger partial charge in [-0.2, -0.15) is 0 Å². The van der Waals surface area contributed by atoms with Gasteiger partial charge in [0.15, 0.2) is 5.16 Å². The molecule has 4 rings (SSSR count). The van der Waals surface area contributed by atoms with Gasteiger partial charge in [0, 0.05) is 34.9 Å². The Morgan fingerprint density at radius 2 is 1.77 bits per heavy atom. The minimum atomic E-state index is -0.537. The molecule has 0 aliphatic carbocycles. The van der Waals surface area contributed by atoms with Crippen molar-refractivity contribution in [1.82, 2.24) is 9.97 Å². The Hall–Kier alpha value is -3.26. The van der Waals surface area contributed by atoms with Crippen LogP contribution >= 0.6 is 11.8 Å². The van der Waals surface area contributed by atoms with E-state index in [0.717, 1.165) is 16.3 Å². The molecule has 1 aliphatic heterocycles. The predicted molar refractivity (Wildman–Crippen MR) is 118 cm³/mol. The summed E-state index contributed by atoms with van der Waals surface area (Å²) in [6.45, 7) is 4.01. The van der Waals surface area contributed by atoms with Crippen molar-refractivity contribution in [2.75, 3.05) is 16.8 Å². The minimum absolute atomic E-state index is 0.0537. The van der Waals surface area contributed by atoms with Gasteiger partial charge in [-0.25, -0.2) is 14.4 Å². The number of rotatable bonds is 5. The number of benzene rings is 2. The highest BCUT2D eigenvalue weighted by Crippen LogP contribution is 2.29. The van der Waals surface area contributed by atoms with E-state index in [1.165, 1.54) is 22.7 Å². The van der Waals surface area contributed by atoms with Gasteiger partial charge < -0.3 is 10.2 Å². The standard InChI is InChI=1S/C23H21FN4O2S/c1-14-11-15(2)26-23(25-14)31-18-9-7-17(8-10-18)27-22(30)16-12-21(29)28(13-16)20-6-4-3-5-19(20)24/h3-11,16H,12-13H2,1-2H3,(H,27,30). The Morgan fingerprint density at radius 3 is 2.45 bits per heavy atom. The van der Waals surface area contributed by atoms with Crippen LogP contribution in [0.1, 0.15) is 17.8 Å². The van der Waals surface area contributed by atoms with Crippen LogP contribution < -0.4 is 10.2 Å². The van der Waals surface area contributed by atoms with Crippen LogP contribution in [-0.4, -0.2) is 28.3 Å². The van der Waals surface area contributed by atoms with Crippen LogP contribution in [0.2, 0.25) is 0 Å². The minimum Gasteiger partial charge on any atom is -0.326 e. The molecule has 0 bridgehead atoms. The lowest BCUT2D eigenvalue weighted by atomic mass is 10.1. The second-order valence-electron chi connectivity index (χ2n) is 7.41. The average molecular weight is 437 g/mol. The van der Waals surface area contributed by atoms with Crippen molar-refractivity contribution in [3.05, 3.63) is 71.8 Å². The zero-order valence-electron chi connectivity index (χ0n) is 17.1. The highest BCUT2D eigenvalue weighted by Gasteiger charge is 2.36. The molecule has 1 aliphatic rings. The summed E-state index contributed by atoms with van der Waals surface area (Å²) in [6, 6.07) is 15.4. The van der Waals surface area contributed by atoms with E-state index in [4.69, 9.17) is 0 Å². The van der Waals surface area contributed by atoms with E-state index < -0.39 is 11.7 Å². The normalized spacial score (nSPS) is 15.9. The number of carbonyl (C=O) groups excluding carboxylic acids is 2. The molecule has 0 radical (unpaired) electrons. The first-order valence-electron chi connectivity index (χ1n) is 9.85. The largest absolute Gasteiger partial charge is 0.326 e. The molecule has 2 aromatic carbocycles. The van der Waals surface area contributed by atoms with E-state index >= 15 is 0 Å². The summed E-state index contributed by atoms with van der Waals surface area (Å²) >= 11 is 1.45. The average Bonchev–Trinajstić information content (AvgIpc) is 3.11. The number of aryl methyl sites for hydroxylation is 2. The van der Waals surface area contributed by atoms with Crippen LogP contribution in [0.15, 0.2) is 64.6 Å². The molecule has 0 spiro atoms. The lowest BCUT2D eigenvalue weighted by Gasteiger charge is -2.17. The smallest absolute Gasteiger partial charge is 0.229 e. The van der Waals surface area contributed by atoms with E-state index in [-0.39, 0.29) is 30.5 Å². The number of para-hydroxylation sites is 1. The molecule has 8 heteroatoms. The van der Waals surface area contributed by atoms with Gasteiger partial charge in [-0.1, -0.05) is 12.1 Å². The number of anilines is 2. The lowest BCUT2D eigenvalue weighted by Crippen LogP contribution is -2.28. The van der Waals surface area contributed by atoms with E-state index in [1.54, 1.807) is 30.3 Å². The topological polar surface area (TPSA) is 75.2 Å². The van der Waals surface area contributed by atoms with Crippen LogP contribution in [0, 0.1) is 25.6 Å². The monoisotopic (exact) mass is 436 g/mol. The van der Waals surface area contributed by atoms with Crippen molar-refractivity contribution < 1.29 is 14.0 Å². The van der Waals surface area contributed by atoms with Crippen molar-refractivity contribution >= 4 is 35.0 Å². The Bertz CT molecular complexity index is 1120. The Balaban J connectivity index is 1.39. The summed E-state index contributed by atoms with van der Waals surface area (Å²) in [5, 5.41) is 3.52. The molecule has 0 saturated carbocycles. The summed E-state index contributed by atoms with van der Waals surface area (Å²) in [4.78, 5) is 36.1. The molecule has 1 atom stereocenters. The molecule has 1 fully saturated rings. The first-order chi connectivity index (χ1) is 14.9. The summed E-state index contributed by atoms with van der Waals surface area (Å²) in [7, 11) is 0. The molecule has 158 valence electrons. The molecule has 31 heavy (non-hydrogen) atoms. The Kier molecular flexibility index (Phi) is 5.99.